The first-order chi connectivity index (χ1) is 8.65. The maximum atomic E-state index is 13.2. The Hall–Kier alpha value is -1.65. The molecule has 0 heterocycles. The summed E-state index contributed by atoms with van der Waals surface area (Å²) in [5.74, 6) is -1.56. The van der Waals surface area contributed by atoms with Gasteiger partial charge in [0.05, 0.1) is 0 Å². The van der Waals surface area contributed by atoms with E-state index < -0.39 is 23.4 Å². The maximum absolute atomic E-state index is 13.2. The van der Waals surface area contributed by atoms with Crippen LogP contribution in [0.5, 0.6) is 0 Å². The number of carbonyl (C=O) groups excluding carboxylic acids is 1. The standard InChI is InChI=1S/C13H18F2N2O/c1-2-3-4-5-9-16-13(18)17-12-10(14)7-6-8-11(12)15/h6-8H,2-5,9H2,1H3,(H2,16,17,18). The van der Waals surface area contributed by atoms with Crippen LogP contribution in [0.4, 0.5) is 19.3 Å². The third-order valence-electron chi connectivity index (χ3n) is 2.52. The Kier molecular flexibility index (Phi) is 6.11. The monoisotopic (exact) mass is 256 g/mol. The van der Waals surface area contributed by atoms with E-state index in [-0.39, 0.29) is 0 Å². The number of para-hydroxylation sites is 1. The van der Waals surface area contributed by atoms with Gasteiger partial charge in [-0.1, -0.05) is 32.3 Å². The quantitative estimate of drug-likeness (QED) is 0.749. The molecule has 3 nitrogen and oxygen atoms in total. The average Bonchev–Trinajstić information content (AvgIpc) is 2.34. The summed E-state index contributed by atoms with van der Waals surface area (Å²) in [6, 6.07) is 2.86. The van der Waals surface area contributed by atoms with Gasteiger partial charge in [0, 0.05) is 6.54 Å². The van der Waals surface area contributed by atoms with E-state index in [0.29, 0.717) is 6.54 Å². The van der Waals surface area contributed by atoms with Crippen molar-refractivity contribution in [2.45, 2.75) is 32.6 Å². The van der Waals surface area contributed by atoms with Crippen LogP contribution in [0, 0.1) is 11.6 Å². The molecule has 0 aliphatic heterocycles. The first-order valence-corrected chi connectivity index (χ1v) is 6.14. The highest BCUT2D eigenvalue weighted by atomic mass is 19.1. The summed E-state index contributed by atoms with van der Waals surface area (Å²) in [5.41, 5.74) is -0.413. The first kappa shape index (κ1) is 14.4. The number of carbonyl (C=O) groups is 1. The van der Waals surface area contributed by atoms with E-state index in [9.17, 15) is 13.6 Å². The van der Waals surface area contributed by atoms with Crippen LogP contribution in [0.3, 0.4) is 0 Å². The van der Waals surface area contributed by atoms with Gasteiger partial charge in [-0.15, -0.1) is 0 Å². The second-order valence-electron chi connectivity index (χ2n) is 4.04. The SMILES string of the molecule is CCCCCCNC(=O)Nc1c(F)cccc1F. The Morgan fingerprint density at radius 2 is 1.83 bits per heavy atom. The summed E-state index contributed by atoms with van der Waals surface area (Å²) in [4.78, 5) is 11.4. The lowest BCUT2D eigenvalue weighted by molar-refractivity contribution is 0.251. The van der Waals surface area contributed by atoms with Crippen LogP contribution in [-0.4, -0.2) is 12.6 Å². The molecule has 0 saturated carbocycles. The average molecular weight is 256 g/mol. The molecule has 0 unspecified atom stereocenters. The van der Waals surface area contributed by atoms with Crippen molar-refractivity contribution >= 4 is 11.7 Å². The van der Waals surface area contributed by atoms with Gasteiger partial charge < -0.3 is 10.6 Å². The van der Waals surface area contributed by atoms with E-state index in [0.717, 1.165) is 37.8 Å². The lowest BCUT2D eigenvalue weighted by Gasteiger charge is -2.08. The Balaban J connectivity index is 2.36. The van der Waals surface area contributed by atoms with E-state index in [1.807, 2.05) is 0 Å². The summed E-state index contributed by atoms with van der Waals surface area (Å²) in [6.07, 6.45) is 4.13. The zero-order valence-corrected chi connectivity index (χ0v) is 10.4. The van der Waals surface area contributed by atoms with Crippen molar-refractivity contribution in [2.75, 3.05) is 11.9 Å². The lowest BCUT2D eigenvalue weighted by atomic mass is 10.2. The first-order valence-electron chi connectivity index (χ1n) is 6.14. The van der Waals surface area contributed by atoms with Crippen LogP contribution >= 0.6 is 0 Å². The van der Waals surface area contributed by atoms with Gasteiger partial charge in [-0.25, -0.2) is 13.6 Å². The van der Waals surface area contributed by atoms with E-state index in [1.165, 1.54) is 6.07 Å². The number of benzene rings is 1. The minimum atomic E-state index is -0.781. The number of anilines is 1. The molecule has 0 bridgehead atoms. The molecule has 2 amide bonds. The smallest absolute Gasteiger partial charge is 0.319 e. The molecule has 0 aromatic heterocycles. The van der Waals surface area contributed by atoms with Gasteiger partial charge in [0.15, 0.2) is 0 Å². The fourth-order valence-corrected chi connectivity index (χ4v) is 1.53. The van der Waals surface area contributed by atoms with Gasteiger partial charge in [0.2, 0.25) is 0 Å². The van der Waals surface area contributed by atoms with Crippen molar-refractivity contribution in [1.82, 2.24) is 5.32 Å². The largest absolute Gasteiger partial charge is 0.338 e. The molecule has 0 aliphatic carbocycles. The minimum Gasteiger partial charge on any atom is -0.338 e. The molecular formula is C13H18F2N2O. The molecule has 0 atom stereocenters. The normalized spacial score (nSPS) is 10.2. The van der Waals surface area contributed by atoms with Crippen LogP contribution in [0.15, 0.2) is 18.2 Å². The molecule has 1 rings (SSSR count). The molecule has 1 aromatic carbocycles. The zero-order valence-electron chi connectivity index (χ0n) is 10.4. The van der Waals surface area contributed by atoms with Gasteiger partial charge in [0.25, 0.3) is 0 Å². The Morgan fingerprint density at radius 1 is 1.17 bits per heavy atom. The van der Waals surface area contributed by atoms with Crippen molar-refractivity contribution in [3.05, 3.63) is 29.8 Å². The summed E-state index contributed by atoms with van der Waals surface area (Å²) in [5, 5.41) is 4.73. The van der Waals surface area contributed by atoms with Crippen molar-refractivity contribution in [2.24, 2.45) is 0 Å². The molecule has 0 saturated heterocycles. The second kappa shape index (κ2) is 7.63. The topological polar surface area (TPSA) is 41.1 Å². The van der Waals surface area contributed by atoms with E-state index in [2.05, 4.69) is 17.6 Å². The molecule has 100 valence electrons. The number of amides is 2. The van der Waals surface area contributed by atoms with Crippen molar-refractivity contribution in [3.8, 4) is 0 Å². The molecular weight excluding hydrogens is 238 g/mol. The van der Waals surface area contributed by atoms with Gasteiger partial charge in [-0.3, -0.25) is 0 Å². The van der Waals surface area contributed by atoms with Gasteiger partial charge >= 0.3 is 6.03 Å². The van der Waals surface area contributed by atoms with Crippen molar-refractivity contribution in [3.63, 3.8) is 0 Å². The summed E-state index contributed by atoms with van der Waals surface area (Å²) >= 11 is 0. The molecule has 18 heavy (non-hydrogen) atoms. The van der Waals surface area contributed by atoms with E-state index in [1.54, 1.807) is 0 Å². The van der Waals surface area contributed by atoms with Crippen LogP contribution in [-0.2, 0) is 0 Å². The van der Waals surface area contributed by atoms with E-state index >= 15 is 0 Å². The number of rotatable bonds is 6. The molecule has 0 fully saturated rings. The molecule has 1 aromatic rings. The molecule has 0 spiro atoms. The number of unbranched alkanes of at least 4 members (excludes halogenated alkanes) is 3. The third kappa shape index (κ3) is 4.69. The summed E-state index contributed by atoms with van der Waals surface area (Å²) in [6.45, 7) is 2.60. The number of hydrogen-bond acceptors (Lipinski definition) is 1. The van der Waals surface area contributed by atoms with Crippen LogP contribution < -0.4 is 10.6 Å². The predicted molar refractivity (Wildman–Crippen MR) is 67.5 cm³/mol. The molecule has 0 aliphatic rings. The van der Waals surface area contributed by atoms with Crippen LogP contribution in [0.2, 0.25) is 0 Å². The van der Waals surface area contributed by atoms with Gasteiger partial charge in [-0.05, 0) is 18.6 Å². The molecule has 0 radical (unpaired) electrons. The Labute approximate surface area is 106 Å². The fraction of sp³-hybridized carbons (Fsp3) is 0.462. The molecule has 2 N–H and O–H groups in total. The summed E-state index contributed by atoms with van der Waals surface area (Å²) in [7, 11) is 0. The van der Waals surface area contributed by atoms with Crippen molar-refractivity contribution < 1.29 is 13.6 Å². The van der Waals surface area contributed by atoms with Gasteiger partial charge in [0.1, 0.15) is 17.3 Å². The summed E-state index contributed by atoms with van der Waals surface area (Å²) < 4.78 is 26.4. The van der Waals surface area contributed by atoms with Crippen LogP contribution in [0.25, 0.3) is 0 Å². The van der Waals surface area contributed by atoms with Crippen molar-refractivity contribution in [1.29, 1.82) is 0 Å². The van der Waals surface area contributed by atoms with Gasteiger partial charge in [-0.2, -0.15) is 0 Å². The highest BCUT2D eigenvalue weighted by molar-refractivity contribution is 5.89. The van der Waals surface area contributed by atoms with E-state index in [4.69, 9.17) is 0 Å². The zero-order chi connectivity index (χ0) is 13.4. The number of hydrogen-bond donors (Lipinski definition) is 2. The Morgan fingerprint density at radius 3 is 2.44 bits per heavy atom. The minimum absolute atomic E-state index is 0.413. The Bertz CT molecular complexity index is 376. The highest BCUT2D eigenvalue weighted by Crippen LogP contribution is 2.17. The fourth-order valence-electron chi connectivity index (χ4n) is 1.53. The predicted octanol–water partition coefficient (Wildman–Crippen LogP) is 3.67. The number of urea groups is 1. The second-order valence-corrected chi connectivity index (χ2v) is 4.04. The highest BCUT2D eigenvalue weighted by Gasteiger charge is 2.10. The third-order valence-corrected chi connectivity index (χ3v) is 2.52. The lowest BCUT2D eigenvalue weighted by Crippen LogP contribution is -2.30. The number of halogens is 2. The maximum Gasteiger partial charge on any atom is 0.319 e. The number of nitrogens with one attached hydrogen (secondary N) is 2. The molecule has 5 heteroatoms. The van der Waals surface area contributed by atoms with Crippen LogP contribution in [0.1, 0.15) is 32.6 Å².